The van der Waals surface area contributed by atoms with Gasteiger partial charge in [-0.05, 0) is 44.5 Å². The molecule has 2 N–H and O–H groups in total. The molecule has 1 saturated heterocycles. The number of carboxylic acids is 2. The van der Waals surface area contributed by atoms with Crippen LogP contribution in [0.1, 0.15) is 19.4 Å². The Labute approximate surface area is 173 Å². The van der Waals surface area contributed by atoms with Crippen molar-refractivity contribution in [3.63, 3.8) is 0 Å². The van der Waals surface area contributed by atoms with Crippen LogP contribution in [0.3, 0.4) is 0 Å². The lowest BCUT2D eigenvalue weighted by molar-refractivity contribution is -0.159. The summed E-state index contributed by atoms with van der Waals surface area (Å²) < 4.78 is 18.2. The van der Waals surface area contributed by atoms with Gasteiger partial charge in [0.25, 0.3) is 0 Å². The molecule has 158 valence electrons. The van der Waals surface area contributed by atoms with Crippen LogP contribution in [0.5, 0.6) is 5.75 Å². The smallest absolute Gasteiger partial charge is 0.414 e. The van der Waals surface area contributed by atoms with Crippen LogP contribution in [-0.2, 0) is 19.1 Å². The zero-order valence-corrected chi connectivity index (χ0v) is 18.0. The number of nitrogens with zero attached hydrogens (tertiary/aromatic N) is 1. The molecule has 1 aliphatic rings. The van der Waals surface area contributed by atoms with Gasteiger partial charge < -0.3 is 24.4 Å². The van der Waals surface area contributed by atoms with Gasteiger partial charge in [0, 0.05) is 24.1 Å². The number of halogens is 1. The molecular formula is C19H28BrNO7. The number of aliphatic carboxylic acids is 2. The summed E-state index contributed by atoms with van der Waals surface area (Å²) in [5.41, 5.74) is 1.13. The first-order valence-electron chi connectivity index (χ1n) is 8.99. The van der Waals surface area contributed by atoms with Gasteiger partial charge in [0.1, 0.15) is 12.4 Å². The molecule has 2 unspecified atom stereocenters. The molecule has 0 saturated carbocycles. The molecule has 1 aromatic carbocycles. The van der Waals surface area contributed by atoms with Gasteiger partial charge >= 0.3 is 11.9 Å². The van der Waals surface area contributed by atoms with Gasteiger partial charge in [-0.25, -0.2) is 9.59 Å². The van der Waals surface area contributed by atoms with Crippen LogP contribution in [0, 0.1) is 6.92 Å². The molecule has 0 radical (unpaired) electrons. The number of aryl methyl sites for hydroxylation is 1. The summed E-state index contributed by atoms with van der Waals surface area (Å²) in [6, 6.07) is 6.02. The number of carboxylic acid groups (broad SMARTS) is 2. The molecule has 1 aromatic rings. The number of rotatable bonds is 7. The van der Waals surface area contributed by atoms with Crippen molar-refractivity contribution in [2.24, 2.45) is 0 Å². The van der Waals surface area contributed by atoms with Gasteiger partial charge in [0.15, 0.2) is 0 Å². The minimum atomic E-state index is -1.82. The molecule has 28 heavy (non-hydrogen) atoms. The zero-order chi connectivity index (χ0) is 21.1. The molecule has 0 amide bonds. The Morgan fingerprint density at radius 1 is 1.14 bits per heavy atom. The van der Waals surface area contributed by atoms with E-state index < -0.39 is 11.9 Å². The summed E-state index contributed by atoms with van der Waals surface area (Å²) in [7, 11) is 0. The van der Waals surface area contributed by atoms with Gasteiger partial charge in [-0.2, -0.15) is 0 Å². The average molecular weight is 462 g/mol. The van der Waals surface area contributed by atoms with Crippen molar-refractivity contribution in [1.29, 1.82) is 0 Å². The second-order valence-electron chi connectivity index (χ2n) is 6.50. The fourth-order valence-corrected chi connectivity index (χ4v) is 3.22. The van der Waals surface area contributed by atoms with Crippen molar-refractivity contribution < 1.29 is 34.0 Å². The van der Waals surface area contributed by atoms with Crippen molar-refractivity contribution in [3.8, 4) is 5.75 Å². The predicted octanol–water partition coefficient (Wildman–Crippen LogP) is 2.42. The lowest BCUT2D eigenvalue weighted by Crippen LogP contribution is -2.46. The normalized spacial score (nSPS) is 19.4. The number of morpholine rings is 1. The van der Waals surface area contributed by atoms with E-state index in [1.807, 2.05) is 19.1 Å². The van der Waals surface area contributed by atoms with Crippen molar-refractivity contribution in [1.82, 2.24) is 4.90 Å². The van der Waals surface area contributed by atoms with Crippen LogP contribution in [-0.4, -0.2) is 78.7 Å². The third-order valence-electron chi connectivity index (χ3n) is 3.85. The van der Waals surface area contributed by atoms with Crippen LogP contribution < -0.4 is 4.74 Å². The molecule has 0 spiro atoms. The number of ether oxygens (including phenoxy) is 3. The Morgan fingerprint density at radius 3 is 2.29 bits per heavy atom. The van der Waals surface area contributed by atoms with E-state index in [2.05, 4.69) is 40.7 Å². The number of hydrogen-bond donors (Lipinski definition) is 2. The maximum absolute atomic E-state index is 9.10. The fraction of sp³-hybridized carbons (Fsp3) is 0.579. The van der Waals surface area contributed by atoms with Crippen LogP contribution in [0.15, 0.2) is 22.7 Å². The molecule has 1 aliphatic heterocycles. The molecule has 2 rings (SSSR count). The molecule has 0 bridgehead atoms. The van der Waals surface area contributed by atoms with Crippen molar-refractivity contribution >= 4 is 27.9 Å². The Balaban J connectivity index is 0.000000568. The van der Waals surface area contributed by atoms with Crippen LogP contribution >= 0.6 is 15.9 Å². The summed E-state index contributed by atoms with van der Waals surface area (Å²) in [5.74, 6) is -2.73. The second kappa shape index (κ2) is 12.7. The van der Waals surface area contributed by atoms with Gasteiger partial charge in [-0.1, -0.05) is 15.9 Å². The first-order chi connectivity index (χ1) is 13.2. The third-order valence-corrected chi connectivity index (χ3v) is 4.35. The topological polar surface area (TPSA) is 106 Å². The Morgan fingerprint density at radius 2 is 1.75 bits per heavy atom. The van der Waals surface area contributed by atoms with E-state index in [1.165, 1.54) is 0 Å². The summed E-state index contributed by atoms with van der Waals surface area (Å²) in [5, 5.41) is 14.8. The first kappa shape index (κ1) is 24.4. The van der Waals surface area contributed by atoms with E-state index >= 15 is 0 Å². The van der Waals surface area contributed by atoms with Gasteiger partial charge in [0.2, 0.25) is 0 Å². The summed E-state index contributed by atoms with van der Waals surface area (Å²) in [6.07, 6.45) is 0.625. The Bertz CT molecular complexity index is 619. The average Bonchev–Trinajstić information content (AvgIpc) is 2.59. The highest BCUT2D eigenvalue weighted by Crippen LogP contribution is 2.21. The lowest BCUT2D eigenvalue weighted by Gasteiger charge is -2.35. The number of carbonyl (C=O) groups is 2. The van der Waals surface area contributed by atoms with Crippen molar-refractivity contribution in [2.45, 2.75) is 33.0 Å². The molecular weight excluding hydrogens is 434 g/mol. The molecule has 1 heterocycles. The van der Waals surface area contributed by atoms with E-state index in [1.54, 1.807) is 0 Å². The predicted molar refractivity (Wildman–Crippen MR) is 107 cm³/mol. The van der Waals surface area contributed by atoms with Gasteiger partial charge in [-0.15, -0.1) is 0 Å². The largest absolute Gasteiger partial charge is 0.491 e. The Hall–Kier alpha value is -1.68. The van der Waals surface area contributed by atoms with E-state index in [-0.39, 0.29) is 0 Å². The Kier molecular flexibility index (Phi) is 11.1. The van der Waals surface area contributed by atoms with E-state index in [9.17, 15) is 0 Å². The van der Waals surface area contributed by atoms with E-state index in [0.29, 0.717) is 25.4 Å². The van der Waals surface area contributed by atoms with Crippen molar-refractivity contribution in [3.05, 3.63) is 28.2 Å². The van der Waals surface area contributed by atoms with E-state index in [4.69, 9.17) is 34.0 Å². The standard InChI is InChI=1S/C17H26BrNO3.C2H2O4/c1-13-10-16(18)4-5-17(13)21-9-8-20-7-6-19-11-14(2)22-15(3)12-19;3-1(4)2(5)6/h4-5,10,14-15H,6-9,11-12H2,1-3H3;(H,3,4)(H,5,6). The number of benzene rings is 1. The quantitative estimate of drug-likeness (QED) is 0.470. The molecule has 0 aromatic heterocycles. The fourth-order valence-electron chi connectivity index (χ4n) is 2.75. The second-order valence-corrected chi connectivity index (χ2v) is 7.41. The highest BCUT2D eigenvalue weighted by molar-refractivity contribution is 9.10. The van der Waals surface area contributed by atoms with E-state index in [0.717, 1.165) is 42.0 Å². The highest BCUT2D eigenvalue weighted by atomic mass is 79.9. The van der Waals surface area contributed by atoms with Crippen LogP contribution in [0.25, 0.3) is 0 Å². The van der Waals surface area contributed by atoms with Crippen molar-refractivity contribution in [2.75, 3.05) is 39.5 Å². The minimum absolute atomic E-state index is 0.312. The maximum atomic E-state index is 9.10. The molecule has 2 atom stereocenters. The lowest BCUT2D eigenvalue weighted by atomic mass is 10.2. The zero-order valence-electron chi connectivity index (χ0n) is 16.4. The summed E-state index contributed by atoms with van der Waals surface area (Å²) in [4.78, 5) is 20.6. The van der Waals surface area contributed by atoms with Crippen LogP contribution in [0.2, 0.25) is 0 Å². The highest BCUT2D eigenvalue weighted by Gasteiger charge is 2.21. The van der Waals surface area contributed by atoms with Crippen LogP contribution in [0.4, 0.5) is 0 Å². The first-order valence-corrected chi connectivity index (χ1v) is 9.79. The van der Waals surface area contributed by atoms with Gasteiger partial charge in [-0.3, -0.25) is 4.90 Å². The molecule has 1 fully saturated rings. The summed E-state index contributed by atoms with van der Waals surface area (Å²) >= 11 is 3.45. The number of hydrogen-bond acceptors (Lipinski definition) is 6. The molecule has 0 aliphatic carbocycles. The maximum Gasteiger partial charge on any atom is 0.414 e. The molecule has 8 nitrogen and oxygen atoms in total. The summed E-state index contributed by atoms with van der Waals surface area (Å²) in [6.45, 7) is 11.2. The third kappa shape index (κ3) is 10.0. The monoisotopic (exact) mass is 461 g/mol. The SMILES string of the molecule is Cc1cc(Br)ccc1OCCOCCN1CC(C)OC(C)C1.O=C(O)C(=O)O. The van der Waals surface area contributed by atoms with Gasteiger partial charge in [0.05, 0.1) is 25.4 Å². The molecule has 9 heteroatoms. The minimum Gasteiger partial charge on any atom is -0.491 e.